The molecule has 13 heteroatoms. The van der Waals surface area contributed by atoms with Crippen LogP contribution in [0.2, 0.25) is 0 Å². The van der Waals surface area contributed by atoms with Crippen LogP contribution in [0, 0.1) is 35.5 Å². The zero-order valence-electron chi connectivity index (χ0n) is 55.5. The molecule has 0 bridgehead atoms. The molecule has 1 aliphatic heterocycles. The third-order valence-electron chi connectivity index (χ3n) is 18.1. The molecular weight excluding hydrogens is 1060 g/mol. The van der Waals surface area contributed by atoms with E-state index in [9.17, 15) is 0 Å². The van der Waals surface area contributed by atoms with Gasteiger partial charge in [0.15, 0.2) is 0 Å². The zero-order chi connectivity index (χ0) is 61.5. The van der Waals surface area contributed by atoms with Crippen molar-refractivity contribution < 1.29 is 0 Å². The lowest BCUT2D eigenvalue weighted by atomic mass is 9.77. The molecule has 4 aromatic carbocycles. The van der Waals surface area contributed by atoms with E-state index in [2.05, 4.69) is 280 Å². The minimum atomic E-state index is 0.253. The number of rotatable bonds is 7. The van der Waals surface area contributed by atoms with Crippen molar-refractivity contribution in [3.8, 4) is 45.0 Å². The van der Waals surface area contributed by atoms with Crippen LogP contribution in [-0.4, -0.2) is 66.0 Å². The molecule has 0 saturated heterocycles. The van der Waals surface area contributed by atoms with Crippen LogP contribution in [0.3, 0.4) is 0 Å². The Morgan fingerprint density at radius 2 is 0.849 bits per heavy atom. The molecule has 0 radical (unpaired) electrons. The molecule has 1 fully saturated rings. The Balaban J connectivity index is 0.000000137. The number of anilines is 1. The maximum absolute atomic E-state index is 4.63. The number of hydrogen-bond donors (Lipinski definition) is 0. The third kappa shape index (κ3) is 14.1. The molecule has 460 valence electrons. The van der Waals surface area contributed by atoms with Gasteiger partial charge in [-0.3, -0.25) is 0 Å². The first kappa shape index (κ1) is 63.7. The number of fused-ring (bicyclic) bond motifs is 13. The molecule has 86 heavy (non-hydrogen) atoms. The van der Waals surface area contributed by atoms with Gasteiger partial charge in [0.2, 0.25) is 0 Å². The molecule has 0 N–H and O–H groups in total. The maximum atomic E-state index is 4.63. The number of para-hydroxylation sites is 1. The minimum Gasteiger partial charge on any atom is -0.364 e. The first-order valence-electron chi connectivity index (χ1n) is 33.1. The van der Waals surface area contributed by atoms with Crippen molar-refractivity contribution in [1.29, 1.82) is 0 Å². The van der Waals surface area contributed by atoms with Gasteiger partial charge in [0.1, 0.15) is 11.4 Å². The van der Waals surface area contributed by atoms with Gasteiger partial charge >= 0.3 is 0 Å². The van der Waals surface area contributed by atoms with E-state index in [1.165, 1.54) is 119 Å². The molecule has 0 spiro atoms. The number of nitrogens with zero attached hydrogens (tertiary/aromatic N) is 13. The Morgan fingerprint density at radius 1 is 0.395 bits per heavy atom. The second-order valence-corrected chi connectivity index (χ2v) is 27.8. The quantitative estimate of drug-likeness (QED) is 0.153. The summed E-state index contributed by atoms with van der Waals surface area (Å²) >= 11 is 0. The third-order valence-corrected chi connectivity index (χ3v) is 18.1. The topological polar surface area (TPSA) is 126 Å². The molecule has 0 amide bonds. The fourth-order valence-corrected chi connectivity index (χ4v) is 13.9. The standard InChI is InChI=1S/C22H25N3.C21H24N4.C15H25N3.C11H19N3.C4H10/c1-14(2)20-13-16-9-5-6-10-17(16)22-21(23-24-25(22)15(3)4)19-12-8-7-11-18(19)20;1-14(2)24-13-16-9-5-6-10-17(16)20-21(25(15(3)4)23-22-20)18-11-7-8-12-19(18)24;1-9(2)15-11-5-7-13-14(8-6-12(11)15)18(10(3)4)17-16-13;1-9(2)14-11-8-6-4-3-5-7-10(11)12-13-14;1-4(2)3/h5-12,14-15,20H,13H2,1-4H3;5-12,14-15H,13H2,1-4H3;9-12,15H,5-8H2,1-4H3;9H,3-8H2,1-2H3;4H,1-3H3. The Hall–Kier alpha value is -6.76. The number of hydrogen-bond acceptors (Lipinski definition) is 9. The summed E-state index contributed by atoms with van der Waals surface area (Å²) in [6.45, 7) is 38.7. The van der Waals surface area contributed by atoms with E-state index in [0.717, 1.165) is 78.2 Å². The molecule has 13 rings (SSSR count). The highest BCUT2D eigenvalue weighted by atomic mass is 15.5. The van der Waals surface area contributed by atoms with E-state index in [1.807, 2.05) is 0 Å². The molecule has 5 heterocycles. The van der Waals surface area contributed by atoms with Crippen molar-refractivity contribution in [1.82, 2.24) is 60.0 Å². The monoisotopic (exact) mass is 1160 g/mol. The van der Waals surface area contributed by atoms with Crippen molar-refractivity contribution in [3.05, 3.63) is 137 Å². The van der Waals surface area contributed by atoms with Gasteiger partial charge in [0.25, 0.3) is 0 Å². The number of aryl methyl sites for hydroxylation is 2. The molecule has 4 aromatic heterocycles. The van der Waals surface area contributed by atoms with Crippen LogP contribution in [0.5, 0.6) is 0 Å². The van der Waals surface area contributed by atoms with Gasteiger partial charge < -0.3 is 4.90 Å². The van der Waals surface area contributed by atoms with Crippen molar-refractivity contribution in [2.45, 2.75) is 231 Å². The lowest BCUT2D eigenvalue weighted by Crippen LogP contribution is -2.31. The van der Waals surface area contributed by atoms with Gasteiger partial charge in [0, 0.05) is 64.7 Å². The molecule has 4 unspecified atom stereocenters. The zero-order valence-corrected chi connectivity index (χ0v) is 55.5. The highest BCUT2D eigenvalue weighted by Gasteiger charge is 2.51. The fraction of sp³-hybridized carbons (Fsp3) is 0.562. The molecule has 4 aliphatic carbocycles. The Labute approximate surface area is 516 Å². The summed E-state index contributed by atoms with van der Waals surface area (Å²) in [5.41, 5.74) is 19.8. The summed E-state index contributed by atoms with van der Waals surface area (Å²) in [5, 5.41) is 35.5. The number of aromatic nitrogens is 12. The first-order chi connectivity index (χ1) is 41.3. The largest absolute Gasteiger partial charge is 0.364 e. The Bertz CT molecular complexity index is 3450. The second-order valence-electron chi connectivity index (χ2n) is 27.8. The van der Waals surface area contributed by atoms with Gasteiger partial charge in [-0.1, -0.05) is 173 Å². The fourth-order valence-electron chi connectivity index (χ4n) is 13.9. The molecule has 13 nitrogen and oxygen atoms in total. The van der Waals surface area contributed by atoms with E-state index in [4.69, 9.17) is 0 Å². The highest BCUT2D eigenvalue weighted by molar-refractivity contribution is 5.88. The van der Waals surface area contributed by atoms with Crippen LogP contribution < -0.4 is 4.90 Å². The van der Waals surface area contributed by atoms with Crippen LogP contribution in [0.1, 0.15) is 226 Å². The van der Waals surface area contributed by atoms with Crippen molar-refractivity contribution >= 4 is 5.69 Å². The van der Waals surface area contributed by atoms with Gasteiger partial charge in [-0.2, -0.15) is 0 Å². The predicted molar refractivity (Wildman–Crippen MR) is 354 cm³/mol. The first-order valence-corrected chi connectivity index (χ1v) is 33.1. The SMILES string of the molecule is CC(C)C.CC(C)C1C2CCc3nnn(C(C)C)c3CCC21.CC(C)C1Cc2ccccc2-c2c(nnn2C(C)C)-c2ccccc21.CC(C)N1Cc2ccccc2-c2nnn(C(C)C)c2-c2ccccc21.CC(C)n1nnc2c1CCCCCC2. The van der Waals surface area contributed by atoms with E-state index in [-0.39, 0.29) is 12.1 Å². The van der Waals surface area contributed by atoms with Crippen LogP contribution in [0.15, 0.2) is 97.1 Å². The molecule has 8 aromatic rings. The summed E-state index contributed by atoms with van der Waals surface area (Å²) in [6.07, 6.45) is 13.7. The number of benzene rings is 4. The van der Waals surface area contributed by atoms with Crippen LogP contribution >= 0.6 is 0 Å². The van der Waals surface area contributed by atoms with Crippen molar-refractivity contribution in [3.63, 3.8) is 0 Å². The Morgan fingerprint density at radius 3 is 1.42 bits per heavy atom. The predicted octanol–water partition coefficient (Wildman–Crippen LogP) is 17.8. The Kier molecular flexibility index (Phi) is 21.0. The molecule has 1 saturated carbocycles. The average Bonchev–Trinajstić information content (AvgIpc) is 1.57. The summed E-state index contributed by atoms with van der Waals surface area (Å²) < 4.78 is 8.36. The normalized spacial score (nSPS) is 18.3. The van der Waals surface area contributed by atoms with Crippen LogP contribution in [0.4, 0.5) is 5.69 Å². The van der Waals surface area contributed by atoms with Crippen LogP contribution in [0.25, 0.3) is 45.0 Å². The molecule has 4 atom stereocenters. The summed E-state index contributed by atoms with van der Waals surface area (Å²) in [6, 6.07) is 36.5. The van der Waals surface area contributed by atoms with Crippen LogP contribution in [-0.2, 0) is 38.6 Å². The molecule has 5 aliphatic rings. The maximum Gasteiger partial charge on any atom is 0.121 e. The van der Waals surface area contributed by atoms with E-state index in [1.54, 1.807) is 0 Å². The smallest absolute Gasteiger partial charge is 0.121 e. The van der Waals surface area contributed by atoms with Gasteiger partial charge in [-0.15, -0.1) is 20.4 Å². The highest BCUT2D eigenvalue weighted by Crippen LogP contribution is 2.56. The van der Waals surface area contributed by atoms with Crippen molar-refractivity contribution in [2.75, 3.05) is 4.90 Å². The van der Waals surface area contributed by atoms with Gasteiger partial charge in [-0.05, 0) is 191 Å². The van der Waals surface area contributed by atoms with E-state index in [0.29, 0.717) is 30.0 Å². The van der Waals surface area contributed by atoms with Crippen molar-refractivity contribution in [2.24, 2.45) is 35.5 Å². The summed E-state index contributed by atoms with van der Waals surface area (Å²) in [7, 11) is 0. The minimum absolute atomic E-state index is 0.253. The average molecular weight is 1160 g/mol. The van der Waals surface area contributed by atoms with Gasteiger partial charge in [0.05, 0.1) is 34.2 Å². The molecular formula is C73H103N13. The summed E-state index contributed by atoms with van der Waals surface area (Å²) in [5.74, 6) is 5.67. The lowest BCUT2D eigenvalue weighted by Gasteiger charge is -2.33. The van der Waals surface area contributed by atoms with E-state index >= 15 is 0 Å². The van der Waals surface area contributed by atoms with E-state index < -0.39 is 0 Å². The van der Waals surface area contributed by atoms with Gasteiger partial charge in [-0.25, -0.2) is 18.7 Å². The summed E-state index contributed by atoms with van der Waals surface area (Å²) in [4.78, 5) is 2.47. The lowest BCUT2D eigenvalue weighted by molar-refractivity contribution is 0.472. The second kappa shape index (κ2) is 28.4.